The first kappa shape index (κ1) is 6.93. The highest BCUT2D eigenvalue weighted by molar-refractivity contribution is 6.30. The molecule has 4 heteroatoms. The number of carbonyl (C=O) groups excluding carboxylic acids is 1. The van der Waals surface area contributed by atoms with Gasteiger partial charge < -0.3 is 0 Å². The molecule has 1 heterocycles. The van der Waals surface area contributed by atoms with E-state index in [1.165, 1.54) is 6.07 Å². The summed E-state index contributed by atoms with van der Waals surface area (Å²) in [5.41, 5.74) is -0.108. The van der Waals surface area contributed by atoms with Crippen molar-refractivity contribution in [2.45, 2.75) is 0 Å². The molecule has 0 N–H and O–H groups in total. The first-order valence-corrected chi connectivity index (χ1v) is 2.61. The lowest BCUT2D eigenvalue weighted by Gasteiger charge is -1.93. The van der Waals surface area contributed by atoms with E-state index in [1.54, 1.807) is 0 Å². The Balaban J connectivity index is 3.21. The third kappa shape index (κ3) is 1.21. The molecule has 1 rings (SSSR count). The summed E-state index contributed by atoms with van der Waals surface area (Å²) in [5, 5.41) is 0. The summed E-state index contributed by atoms with van der Waals surface area (Å²) in [6.45, 7) is 0. The van der Waals surface area contributed by atoms with Crippen molar-refractivity contribution < 1.29 is 9.18 Å². The number of aldehydes is 1. The molecule has 1 aromatic rings. The molecule has 0 aliphatic heterocycles. The van der Waals surface area contributed by atoms with Crippen molar-refractivity contribution >= 4 is 19.7 Å². The average Bonchev–Trinajstić information content (AvgIpc) is 1.94. The Morgan fingerprint density at radius 2 is 2.30 bits per heavy atom. The van der Waals surface area contributed by atoms with Gasteiger partial charge in [-0.2, -0.15) is 0 Å². The summed E-state index contributed by atoms with van der Waals surface area (Å²) < 4.78 is 12.4. The number of aromatic nitrogens is 1. The van der Waals surface area contributed by atoms with Gasteiger partial charge in [-0.05, 0) is 17.7 Å². The Hall–Kier alpha value is -1.19. The number of pyridine rings is 1. The van der Waals surface area contributed by atoms with Gasteiger partial charge in [-0.1, -0.05) is 0 Å². The van der Waals surface area contributed by atoms with E-state index in [-0.39, 0.29) is 11.3 Å². The van der Waals surface area contributed by atoms with Crippen molar-refractivity contribution in [1.82, 2.24) is 4.98 Å². The van der Waals surface area contributed by atoms with Crippen LogP contribution in [-0.4, -0.2) is 19.1 Å². The lowest BCUT2D eigenvalue weighted by atomic mass is 10.0. The standard InChI is InChI=1S/C6H3BFNO/c7-6-2-1-4(8)5(3-10)9-6/h1-3H. The largest absolute Gasteiger partial charge is 0.296 e. The van der Waals surface area contributed by atoms with E-state index in [0.717, 1.165) is 6.07 Å². The second-order valence-electron chi connectivity index (χ2n) is 1.72. The smallest absolute Gasteiger partial charge is 0.171 e. The Labute approximate surface area is 58.5 Å². The molecule has 10 heavy (non-hydrogen) atoms. The Bertz CT molecular complexity index is 264. The number of hydrogen-bond acceptors (Lipinski definition) is 2. The number of halogens is 1. The molecule has 0 spiro atoms. The van der Waals surface area contributed by atoms with Crippen molar-refractivity contribution in [3.63, 3.8) is 0 Å². The maximum atomic E-state index is 12.4. The van der Waals surface area contributed by atoms with Crippen LogP contribution in [0.2, 0.25) is 0 Å². The summed E-state index contributed by atoms with van der Waals surface area (Å²) in [7, 11) is 5.17. The van der Waals surface area contributed by atoms with E-state index in [1.807, 2.05) is 0 Å². The molecule has 0 atom stereocenters. The van der Waals surface area contributed by atoms with Crippen LogP contribution in [0.1, 0.15) is 10.5 Å². The normalized spacial score (nSPS) is 9.30. The zero-order valence-electron chi connectivity index (χ0n) is 5.04. The molecule has 2 nitrogen and oxygen atoms in total. The van der Waals surface area contributed by atoms with E-state index in [2.05, 4.69) is 4.98 Å². The zero-order valence-corrected chi connectivity index (χ0v) is 5.04. The average molecular weight is 135 g/mol. The maximum Gasteiger partial charge on any atom is 0.171 e. The molecule has 0 unspecified atom stereocenters. The van der Waals surface area contributed by atoms with E-state index >= 15 is 0 Å². The fraction of sp³-hybridized carbons (Fsp3) is 0. The first-order valence-electron chi connectivity index (χ1n) is 2.61. The van der Waals surface area contributed by atoms with Gasteiger partial charge in [-0.15, -0.1) is 0 Å². The topological polar surface area (TPSA) is 30.0 Å². The highest BCUT2D eigenvalue weighted by Gasteiger charge is 1.99. The van der Waals surface area contributed by atoms with Crippen LogP contribution in [0.3, 0.4) is 0 Å². The van der Waals surface area contributed by atoms with Gasteiger partial charge in [0.25, 0.3) is 0 Å². The van der Waals surface area contributed by atoms with Crippen LogP contribution in [0, 0.1) is 5.82 Å². The van der Waals surface area contributed by atoms with Gasteiger partial charge in [-0.3, -0.25) is 9.78 Å². The van der Waals surface area contributed by atoms with Crippen molar-refractivity contribution in [3.8, 4) is 0 Å². The number of rotatable bonds is 1. The van der Waals surface area contributed by atoms with Gasteiger partial charge >= 0.3 is 0 Å². The summed E-state index contributed by atoms with van der Waals surface area (Å²) in [4.78, 5) is 13.4. The Morgan fingerprint density at radius 3 is 2.80 bits per heavy atom. The minimum atomic E-state index is -0.649. The van der Waals surface area contributed by atoms with Crippen molar-refractivity contribution in [1.29, 1.82) is 0 Å². The SMILES string of the molecule is [B]c1ccc(F)c(C=O)n1. The van der Waals surface area contributed by atoms with Crippen molar-refractivity contribution in [2.24, 2.45) is 0 Å². The molecule has 0 saturated carbocycles. The lowest BCUT2D eigenvalue weighted by molar-refractivity contribution is 0.111. The predicted molar refractivity (Wildman–Crippen MR) is 35.0 cm³/mol. The molecular formula is C6H3BFNO. The minimum Gasteiger partial charge on any atom is -0.296 e. The van der Waals surface area contributed by atoms with Gasteiger partial charge in [0.2, 0.25) is 0 Å². The van der Waals surface area contributed by atoms with Gasteiger partial charge in [0.15, 0.2) is 12.1 Å². The van der Waals surface area contributed by atoms with Crippen LogP contribution >= 0.6 is 0 Å². The molecule has 0 aromatic carbocycles. The summed E-state index contributed by atoms with van der Waals surface area (Å²) in [5.74, 6) is -0.649. The first-order chi connectivity index (χ1) is 4.74. The molecule has 0 bridgehead atoms. The second kappa shape index (κ2) is 2.60. The van der Waals surface area contributed by atoms with Crippen LogP contribution in [0.5, 0.6) is 0 Å². The quantitative estimate of drug-likeness (QED) is 0.395. The van der Waals surface area contributed by atoms with E-state index in [4.69, 9.17) is 7.85 Å². The third-order valence-corrected chi connectivity index (χ3v) is 1.01. The molecule has 1 aromatic heterocycles. The zero-order chi connectivity index (χ0) is 7.56. The summed E-state index contributed by atoms with van der Waals surface area (Å²) in [6, 6.07) is 2.40. The minimum absolute atomic E-state index is 0.142. The molecule has 0 fully saturated rings. The fourth-order valence-electron chi connectivity index (χ4n) is 0.556. The third-order valence-electron chi connectivity index (χ3n) is 1.01. The molecule has 0 saturated heterocycles. The number of nitrogens with zero attached hydrogens (tertiary/aromatic N) is 1. The highest BCUT2D eigenvalue weighted by atomic mass is 19.1. The van der Waals surface area contributed by atoms with Crippen LogP contribution in [0.15, 0.2) is 12.1 Å². The van der Waals surface area contributed by atoms with Gasteiger partial charge in [0.05, 0.1) is 0 Å². The summed E-state index contributed by atoms with van der Waals surface area (Å²) >= 11 is 0. The van der Waals surface area contributed by atoms with Crippen LogP contribution in [-0.2, 0) is 0 Å². The summed E-state index contributed by atoms with van der Waals surface area (Å²) in [6.07, 6.45) is 0.325. The molecule has 0 aliphatic carbocycles. The van der Waals surface area contributed by atoms with Gasteiger partial charge in [0, 0.05) is 0 Å². The second-order valence-corrected chi connectivity index (χ2v) is 1.72. The molecule has 48 valence electrons. The number of carbonyl (C=O) groups is 1. The van der Waals surface area contributed by atoms with Crippen molar-refractivity contribution in [3.05, 3.63) is 23.6 Å². The number of hydrogen-bond donors (Lipinski definition) is 0. The molecule has 2 radical (unpaired) electrons. The maximum absolute atomic E-state index is 12.4. The van der Waals surface area contributed by atoms with E-state index in [0.29, 0.717) is 6.29 Å². The van der Waals surface area contributed by atoms with E-state index < -0.39 is 5.82 Å². The lowest BCUT2D eigenvalue weighted by Crippen LogP contribution is -2.11. The highest BCUT2D eigenvalue weighted by Crippen LogP contribution is 1.96. The van der Waals surface area contributed by atoms with Crippen LogP contribution in [0.25, 0.3) is 0 Å². The van der Waals surface area contributed by atoms with E-state index in [9.17, 15) is 9.18 Å². The van der Waals surface area contributed by atoms with Gasteiger partial charge in [-0.25, -0.2) is 4.39 Å². The van der Waals surface area contributed by atoms with Crippen molar-refractivity contribution in [2.75, 3.05) is 0 Å². The molecular weight excluding hydrogens is 132 g/mol. The van der Waals surface area contributed by atoms with Gasteiger partial charge in [0.1, 0.15) is 13.5 Å². The van der Waals surface area contributed by atoms with Crippen LogP contribution in [0.4, 0.5) is 4.39 Å². The fourth-order valence-corrected chi connectivity index (χ4v) is 0.556. The Morgan fingerprint density at radius 1 is 1.60 bits per heavy atom. The van der Waals surface area contributed by atoms with Crippen LogP contribution < -0.4 is 5.59 Å². The Kier molecular flexibility index (Phi) is 1.80. The predicted octanol–water partition coefficient (Wildman–Crippen LogP) is -0.173. The monoisotopic (exact) mass is 135 g/mol. The molecule has 0 aliphatic rings. The molecule has 0 amide bonds.